The fraction of sp³-hybridized carbons (Fsp3) is 0.333. The van der Waals surface area contributed by atoms with E-state index in [9.17, 15) is 9.59 Å². The Kier molecular flexibility index (Phi) is 9.12. The number of benzene rings is 2. The van der Waals surface area contributed by atoms with Crippen LogP contribution in [0.3, 0.4) is 0 Å². The first-order chi connectivity index (χ1) is 16.0. The van der Waals surface area contributed by atoms with Crippen LogP contribution in [0, 0.1) is 5.92 Å². The van der Waals surface area contributed by atoms with Crippen LogP contribution in [0.5, 0.6) is 0 Å². The molecule has 0 saturated heterocycles. The van der Waals surface area contributed by atoms with Gasteiger partial charge in [-0.05, 0) is 23.5 Å². The summed E-state index contributed by atoms with van der Waals surface area (Å²) in [6.07, 6.45) is 5.55. The molecule has 172 valence electrons. The number of carbonyl (C=O) groups is 2. The highest BCUT2D eigenvalue weighted by molar-refractivity contribution is 5.92. The molecule has 1 N–H and O–H groups in total. The van der Waals surface area contributed by atoms with E-state index in [1.54, 1.807) is 4.90 Å². The van der Waals surface area contributed by atoms with Gasteiger partial charge < -0.3 is 10.2 Å². The average Bonchev–Trinajstić information content (AvgIpc) is 2.85. The van der Waals surface area contributed by atoms with Gasteiger partial charge in [-0.3, -0.25) is 14.6 Å². The van der Waals surface area contributed by atoms with Gasteiger partial charge in [-0.25, -0.2) is 4.98 Å². The molecule has 0 bridgehead atoms. The van der Waals surface area contributed by atoms with Crippen LogP contribution >= 0.6 is 0 Å². The Hall–Kier alpha value is -3.54. The number of amides is 2. The smallest absolute Gasteiger partial charge is 0.274 e. The van der Waals surface area contributed by atoms with Gasteiger partial charge in [0, 0.05) is 44.4 Å². The van der Waals surface area contributed by atoms with Gasteiger partial charge in [0.05, 0.1) is 6.20 Å². The third-order valence-corrected chi connectivity index (χ3v) is 5.42. The summed E-state index contributed by atoms with van der Waals surface area (Å²) in [6.45, 7) is 5.57. The highest BCUT2D eigenvalue weighted by Crippen LogP contribution is 2.27. The summed E-state index contributed by atoms with van der Waals surface area (Å²) in [4.78, 5) is 35.1. The maximum atomic E-state index is 12.8. The number of aromatic nitrogens is 2. The largest absolute Gasteiger partial charge is 0.356 e. The lowest BCUT2D eigenvalue weighted by atomic mass is 9.88. The molecule has 0 aliphatic carbocycles. The Morgan fingerprint density at radius 2 is 1.58 bits per heavy atom. The molecule has 1 heterocycles. The molecule has 0 atom stereocenters. The summed E-state index contributed by atoms with van der Waals surface area (Å²) in [7, 11) is 0. The van der Waals surface area contributed by atoms with Gasteiger partial charge in [-0.1, -0.05) is 74.5 Å². The predicted molar refractivity (Wildman–Crippen MR) is 130 cm³/mol. The van der Waals surface area contributed by atoms with Crippen molar-refractivity contribution < 1.29 is 9.59 Å². The quantitative estimate of drug-likeness (QED) is 0.478. The topological polar surface area (TPSA) is 75.2 Å². The van der Waals surface area contributed by atoms with Gasteiger partial charge in [0.15, 0.2) is 0 Å². The van der Waals surface area contributed by atoms with Gasteiger partial charge in [0.1, 0.15) is 5.69 Å². The molecule has 0 aliphatic rings. The van der Waals surface area contributed by atoms with E-state index in [1.807, 2.05) is 50.2 Å². The SMILES string of the molecule is CC(C)CN(CCC(=O)NCCC(c1ccccc1)c1ccccc1)C(=O)c1cnccn1. The van der Waals surface area contributed by atoms with Crippen LogP contribution in [0.1, 0.15) is 54.2 Å². The summed E-state index contributed by atoms with van der Waals surface area (Å²) < 4.78 is 0. The van der Waals surface area contributed by atoms with E-state index in [-0.39, 0.29) is 30.1 Å². The fourth-order valence-corrected chi connectivity index (χ4v) is 3.87. The highest BCUT2D eigenvalue weighted by atomic mass is 16.2. The molecular formula is C27H32N4O2. The molecule has 0 saturated carbocycles. The van der Waals surface area contributed by atoms with Gasteiger partial charge in [-0.2, -0.15) is 0 Å². The summed E-state index contributed by atoms with van der Waals surface area (Å²) in [5.74, 6) is 0.239. The first kappa shape index (κ1) is 24.1. The maximum Gasteiger partial charge on any atom is 0.274 e. The van der Waals surface area contributed by atoms with Crippen molar-refractivity contribution in [3.8, 4) is 0 Å². The minimum atomic E-state index is -0.196. The van der Waals surface area contributed by atoms with Crippen molar-refractivity contribution >= 4 is 11.8 Å². The molecule has 33 heavy (non-hydrogen) atoms. The number of nitrogens with zero attached hydrogens (tertiary/aromatic N) is 3. The zero-order chi connectivity index (χ0) is 23.5. The van der Waals surface area contributed by atoms with Crippen LogP contribution in [0.4, 0.5) is 0 Å². The van der Waals surface area contributed by atoms with Crippen LogP contribution < -0.4 is 5.32 Å². The maximum absolute atomic E-state index is 12.8. The van der Waals surface area contributed by atoms with Crippen molar-refractivity contribution in [1.82, 2.24) is 20.2 Å². The molecule has 2 aromatic carbocycles. The zero-order valence-electron chi connectivity index (χ0n) is 19.4. The van der Waals surface area contributed by atoms with Crippen molar-refractivity contribution in [3.63, 3.8) is 0 Å². The molecule has 6 heteroatoms. The number of nitrogens with one attached hydrogen (secondary N) is 1. The molecule has 0 fully saturated rings. The molecule has 3 rings (SSSR count). The fourth-order valence-electron chi connectivity index (χ4n) is 3.87. The van der Waals surface area contributed by atoms with E-state index in [2.05, 4.69) is 39.6 Å². The van der Waals surface area contributed by atoms with Crippen LogP contribution in [0.25, 0.3) is 0 Å². The molecular weight excluding hydrogens is 412 g/mol. The predicted octanol–water partition coefficient (Wildman–Crippen LogP) is 4.30. The Labute approximate surface area is 196 Å². The summed E-state index contributed by atoms with van der Waals surface area (Å²) in [6, 6.07) is 20.7. The van der Waals surface area contributed by atoms with Gasteiger partial charge in [0.25, 0.3) is 5.91 Å². The molecule has 0 unspecified atom stereocenters. The highest BCUT2D eigenvalue weighted by Gasteiger charge is 2.20. The van der Waals surface area contributed by atoms with Gasteiger partial charge >= 0.3 is 0 Å². The monoisotopic (exact) mass is 444 g/mol. The van der Waals surface area contributed by atoms with Crippen LogP contribution in [0.15, 0.2) is 79.3 Å². The Morgan fingerprint density at radius 1 is 0.939 bits per heavy atom. The van der Waals surface area contributed by atoms with Crippen molar-refractivity contribution in [3.05, 3.63) is 96.1 Å². The lowest BCUT2D eigenvalue weighted by Gasteiger charge is -2.24. The molecule has 0 spiro atoms. The molecule has 2 amide bonds. The molecule has 0 aliphatic heterocycles. The molecule has 1 aromatic heterocycles. The standard InChI is InChI=1S/C27H32N4O2/c1-21(2)20-31(27(33)25-19-28-16-17-29-25)18-14-26(32)30-15-13-24(22-9-5-3-6-10-22)23-11-7-4-8-12-23/h3-12,16-17,19,21,24H,13-15,18,20H2,1-2H3,(H,30,32). The first-order valence-corrected chi connectivity index (χ1v) is 11.5. The number of hydrogen-bond acceptors (Lipinski definition) is 4. The van der Waals surface area contributed by atoms with Gasteiger partial charge in [0.2, 0.25) is 5.91 Å². The molecule has 6 nitrogen and oxygen atoms in total. The van der Waals surface area contributed by atoms with E-state index in [0.717, 1.165) is 6.42 Å². The minimum absolute atomic E-state index is 0.0597. The second-order valence-corrected chi connectivity index (χ2v) is 8.50. The summed E-state index contributed by atoms with van der Waals surface area (Å²) in [5.41, 5.74) is 2.76. The van der Waals surface area contributed by atoms with Crippen molar-refractivity contribution in [2.75, 3.05) is 19.6 Å². The lowest BCUT2D eigenvalue weighted by molar-refractivity contribution is -0.121. The van der Waals surface area contributed by atoms with Crippen LogP contribution in [0.2, 0.25) is 0 Å². The zero-order valence-corrected chi connectivity index (χ0v) is 19.4. The van der Waals surface area contributed by atoms with Crippen LogP contribution in [-0.2, 0) is 4.79 Å². The third-order valence-electron chi connectivity index (χ3n) is 5.42. The van der Waals surface area contributed by atoms with E-state index < -0.39 is 0 Å². The molecule has 3 aromatic rings. The first-order valence-electron chi connectivity index (χ1n) is 11.5. The minimum Gasteiger partial charge on any atom is -0.356 e. The van der Waals surface area contributed by atoms with E-state index in [0.29, 0.717) is 25.3 Å². The lowest BCUT2D eigenvalue weighted by Crippen LogP contribution is -2.38. The Bertz CT molecular complexity index is 955. The number of carbonyl (C=O) groups excluding carboxylic acids is 2. The number of rotatable bonds is 11. The second kappa shape index (κ2) is 12.5. The van der Waals surface area contributed by atoms with Crippen molar-refractivity contribution in [2.24, 2.45) is 5.92 Å². The molecule has 0 radical (unpaired) electrons. The summed E-state index contributed by atoms with van der Waals surface area (Å²) in [5, 5.41) is 3.04. The normalized spacial score (nSPS) is 10.9. The Morgan fingerprint density at radius 3 is 2.12 bits per heavy atom. The second-order valence-electron chi connectivity index (χ2n) is 8.50. The van der Waals surface area contributed by atoms with Crippen molar-refractivity contribution in [2.45, 2.75) is 32.6 Å². The number of hydrogen-bond donors (Lipinski definition) is 1. The van der Waals surface area contributed by atoms with E-state index in [4.69, 9.17) is 0 Å². The van der Waals surface area contributed by atoms with E-state index >= 15 is 0 Å². The van der Waals surface area contributed by atoms with Crippen LogP contribution in [-0.4, -0.2) is 46.3 Å². The average molecular weight is 445 g/mol. The third kappa shape index (κ3) is 7.52. The van der Waals surface area contributed by atoms with E-state index in [1.165, 1.54) is 29.7 Å². The van der Waals surface area contributed by atoms with Gasteiger partial charge in [-0.15, -0.1) is 0 Å². The van der Waals surface area contributed by atoms with Crippen molar-refractivity contribution in [1.29, 1.82) is 0 Å². The summed E-state index contributed by atoms with van der Waals surface area (Å²) >= 11 is 0. The Balaban J connectivity index is 1.55.